The molecular weight excluding hydrogens is 376 g/mol. The molecule has 0 bridgehead atoms. The SMILES string of the molecule is CN=C(NCCCN1C(=O)COc2ccccc21)NCC1(c2ccccc2)CCC1. The summed E-state index contributed by atoms with van der Waals surface area (Å²) in [6.07, 6.45) is 4.52. The Morgan fingerprint density at radius 2 is 1.87 bits per heavy atom. The fraction of sp³-hybridized carbons (Fsp3) is 0.417. The molecule has 0 aromatic heterocycles. The standard InChI is InChI=1S/C24H30N4O2/c1-25-23(27-18-24(13-7-14-24)19-9-3-2-4-10-19)26-15-8-16-28-20-11-5-6-12-21(20)30-17-22(28)29/h2-6,9-12H,7-8,13-18H2,1H3,(H2,25,26,27). The number of amides is 1. The maximum absolute atomic E-state index is 12.3. The van der Waals surface area contributed by atoms with Crippen LogP contribution in [0.1, 0.15) is 31.2 Å². The zero-order valence-electron chi connectivity index (χ0n) is 17.6. The summed E-state index contributed by atoms with van der Waals surface area (Å²) in [4.78, 5) is 18.5. The second-order valence-electron chi connectivity index (χ2n) is 8.01. The molecule has 6 nitrogen and oxygen atoms in total. The minimum atomic E-state index is 0.00555. The van der Waals surface area contributed by atoms with Crippen LogP contribution in [0.2, 0.25) is 0 Å². The van der Waals surface area contributed by atoms with Gasteiger partial charge < -0.3 is 20.3 Å². The largest absolute Gasteiger partial charge is 0.482 e. The average Bonchev–Trinajstić information content (AvgIpc) is 2.76. The summed E-state index contributed by atoms with van der Waals surface area (Å²) in [7, 11) is 1.80. The van der Waals surface area contributed by atoms with Crippen LogP contribution in [0.3, 0.4) is 0 Å². The Bertz CT molecular complexity index is 893. The van der Waals surface area contributed by atoms with E-state index in [0.29, 0.717) is 6.54 Å². The van der Waals surface area contributed by atoms with Gasteiger partial charge in [0.1, 0.15) is 5.75 Å². The lowest BCUT2D eigenvalue weighted by molar-refractivity contribution is -0.121. The number of anilines is 1. The van der Waals surface area contributed by atoms with Gasteiger partial charge in [0.25, 0.3) is 5.91 Å². The zero-order chi connectivity index (χ0) is 20.8. The molecule has 0 saturated heterocycles. The van der Waals surface area contributed by atoms with Gasteiger partial charge in [-0.15, -0.1) is 0 Å². The van der Waals surface area contributed by atoms with Crippen molar-refractivity contribution in [3.8, 4) is 5.75 Å². The summed E-state index contributed by atoms with van der Waals surface area (Å²) in [6.45, 7) is 2.38. The van der Waals surface area contributed by atoms with E-state index < -0.39 is 0 Å². The van der Waals surface area contributed by atoms with Crippen LogP contribution in [0.5, 0.6) is 5.75 Å². The molecule has 30 heavy (non-hydrogen) atoms. The molecule has 1 saturated carbocycles. The molecule has 1 aliphatic heterocycles. The minimum absolute atomic E-state index is 0.00555. The molecule has 4 rings (SSSR count). The highest BCUT2D eigenvalue weighted by Crippen LogP contribution is 2.43. The summed E-state index contributed by atoms with van der Waals surface area (Å²) < 4.78 is 5.51. The van der Waals surface area contributed by atoms with E-state index in [4.69, 9.17) is 4.74 Å². The van der Waals surface area contributed by atoms with Gasteiger partial charge in [-0.1, -0.05) is 48.9 Å². The number of hydrogen-bond acceptors (Lipinski definition) is 3. The number of rotatable bonds is 7. The zero-order valence-corrected chi connectivity index (χ0v) is 17.6. The minimum Gasteiger partial charge on any atom is -0.482 e. The number of carbonyl (C=O) groups is 1. The maximum Gasteiger partial charge on any atom is 0.265 e. The van der Waals surface area contributed by atoms with Gasteiger partial charge in [0.15, 0.2) is 12.6 Å². The molecule has 2 N–H and O–H groups in total. The molecule has 0 unspecified atom stereocenters. The molecule has 1 fully saturated rings. The molecular formula is C24H30N4O2. The van der Waals surface area contributed by atoms with E-state index in [9.17, 15) is 4.79 Å². The average molecular weight is 407 g/mol. The first-order chi connectivity index (χ1) is 14.7. The fourth-order valence-corrected chi connectivity index (χ4v) is 4.28. The van der Waals surface area contributed by atoms with Crippen LogP contribution in [0.15, 0.2) is 59.6 Å². The smallest absolute Gasteiger partial charge is 0.265 e. The number of nitrogens with zero attached hydrogens (tertiary/aromatic N) is 2. The second-order valence-corrected chi connectivity index (χ2v) is 8.01. The maximum atomic E-state index is 12.3. The molecule has 158 valence electrons. The van der Waals surface area contributed by atoms with Gasteiger partial charge in [-0.25, -0.2) is 0 Å². The van der Waals surface area contributed by atoms with Gasteiger partial charge in [-0.05, 0) is 37.0 Å². The molecule has 2 aromatic rings. The quantitative estimate of drug-likeness (QED) is 0.421. The summed E-state index contributed by atoms with van der Waals surface area (Å²) in [5.74, 6) is 1.59. The molecule has 0 radical (unpaired) electrons. The van der Waals surface area contributed by atoms with Crippen molar-refractivity contribution in [1.82, 2.24) is 10.6 Å². The Hall–Kier alpha value is -3.02. The Morgan fingerprint density at radius 1 is 1.10 bits per heavy atom. The first-order valence-electron chi connectivity index (χ1n) is 10.7. The third-order valence-electron chi connectivity index (χ3n) is 6.17. The van der Waals surface area contributed by atoms with Crippen LogP contribution in [0.4, 0.5) is 5.69 Å². The third-order valence-corrected chi connectivity index (χ3v) is 6.17. The number of nitrogens with one attached hydrogen (secondary N) is 2. The molecule has 1 heterocycles. The van der Waals surface area contributed by atoms with Crippen LogP contribution >= 0.6 is 0 Å². The Labute approximate surface area is 178 Å². The van der Waals surface area contributed by atoms with E-state index in [0.717, 1.165) is 36.9 Å². The molecule has 6 heteroatoms. The van der Waals surface area contributed by atoms with E-state index >= 15 is 0 Å². The van der Waals surface area contributed by atoms with Crippen molar-refractivity contribution in [1.29, 1.82) is 0 Å². The highest BCUT2D eigenvalue weighted by Gasteiger charge is 2.38. The van der Waals surface area contributed by atoms with Crippen molar-refractivity contribution >= 4 is 17.6 Å². The van der Waals surface area contributed by atoms with Crippen molar-refractivity contribution in [3.63, 3.8) is 0 Å². The molecule has 0 atom stereocenters. The molecule has 0 spiro atoms. The lowest BCUT2D eigenvalue weighted by Gasteiger charge is -2.43. The lowest BCUT2D eigenvalue weighted by atomic mass is 9.64. The Balaban J connectivity index is 1.26. The van der Waals surface area contributed by atoms with E-state index in [2.05, 4.69) is 46.0 Å². The number of para-hydroxylation sites is 2. The number of fused-ring (bicyclic) bond motifs is 1. The first kappa shape index (κ1) is 20.3. The van der Waals surface area contributed by atoms with Crippen LogP contribution in [-0.2, 0) is 10.2 Å². The molecule has 2 aromatic carbocycles. The van der Waals surface area contributed by atoms with Crippen molar-refractivity contribution in [3.05, 3.63) is 60.2 Å². The highest BCUT2D eigenvalue weighted by atomic mass is 16.5. The Morgan fingerprint density at radius 3 is 2.60 bits per heavy atom. The number of guanidine groups is 1. The summed E-state index contributed by atoms with van der Waals surface area (Å²) >= 11 is 0. The normalized spacial score (nSPS) is 17.6. The highest BCUT2D eigenvalue weighted by molar-refractivity contribution is 5.97. The van der Waals surface area contributed by atoms with Gasteiger partial charge in [0.2, 0.25) is 0 Å². The number of carbonyl (C=O) groups excluding carboxylic acids is 1. The van der Waals surface area contributed by atoms with E-state index in [1.807, 2.05) is 29.2 Å². The first-order valence-corrected chi connectivity index (χ1v) is 10.7. The number of benzene rings is 2. The third kappa shape index (κ3) is 4.27. The fourth-order valence-electron chi connectivity index (χ4n) is 4.28. The van der Waals surface area contributed by atoms with Gasteiger partial charge in [0, 0.05) is 32.1 Å². The molecule has 2 aliphatic rings. The lowest BCUT2D eigenvalue weighted by Crippen LogP contribution is -2.49. The van der Waals surface area contributed by atoms with E-state index in [1.165, 1.54) is 24.8 Å². The van der Waals surface area contributed by atoms with Crippen LogP contribution in [0.25, 0.3) is 0 Å². The van der Waals surface area contributed by atoms with Gasteiger partial charge in [0.05, 0.1) is 5.69 Å². The Kier molecular flexibility index (Phi) is 6.21. The van der Waals surface area contributed by atoms with Gasteiger partial charge in [-0.2, -0.15) is 0 Å². The number of ether oxygens (including phenoxy) is 1. The summed E-state index contributed by atoms with van der Waals surface area (Å²) in [5, 5.41) is 6.90. The van der Waals surface area contributed by atoms with E-state index in [1.54, 1.807) is 7.05 Å². The molecule has 1 aliphatic carbocycles. The number of hydrogen-bond donors (Lipinski definition) is 2. The topological polar surface area (TPSA) is 66.0 Å². The van der Waals surface area contributed by atoms with E-state index in [-0.39, 0.29) is 17.9 Å². The number of aliphatic imine (C=N–C) groups is 1. The van der Waals surface area contributed by atoms with Crippen molar-refractivity contribution < 1.29 is 9.53 Å². The van der Waals surface area contributed by atoms with Gasteiger partial charge in [-0.3, -0.25) is 9.79 Å². The monoisotopic (exact) mass is 406 g/mol. The van der Waals surface area contributed by atoms with Gasteiger partial charge >= 0.3 is 0 Å². The predicted octanol–water partition coefficient (Wildman–Crippen LogP) is 3.09. The molecule has 1 amide bonds. The van der Waals surface area contributed by atoms with Crippen LogP contribution in [-0.4, -0.2) is 45.2 Å². The second kappa shape index (κ2) is 9.20. The van der Waals surface area contributed by atoms with Crippen molar-refractivity contribution in [2.45, 2.75) is 31.1 Å². The van der Waals surface area contributed by atoms with Crippen LogP contribution < -0.4 is 20.3 Å². The van der Waals surface area contributed by atoms with Crippen LogP contribution in [0, 0.1) is 0 Å². The van der Waals surface area contributed by atoms with Crippen molar-refractivity contribution in [2.24, 2.45) is 4.99 Å². The predicted molar refractivity (Wildman–Crippen MR) is 120 cm³/mol. The summed E-state index contributed by atoms with van der Waals surface area (Å²) in [5.41, 5.74) is 2.47. The summed E-state index contributed by atoms with van der Waals surface area (Å²) in [6, 6.07) is 18.5. The van der Waals surface area contributed by atoms with Crippen molar-refractivity contribution in [2.75, 3.05) is 38.2 Å².